The molecule has 0 fully saturated rings. The molecule has 2 nitrogen and oxygen atoms in total. The van der Waals surface area contributed by atoms with E-state index < -0.39 is 0 Å². The van der Waals surface area contributed by atoms with Crippen LogP contribution in [0.2, 0.25) is 0 Å². The van der Waals surface area contributed by atoms with Gasteiger partial charge in [0.05, 0.1) is 12.3 Å². The molecule has 0 bridgehead atoms. The molecular weight excluding hydrogens is 217 g/mol. The van der Waals surface area contributed by atoms with E-state index in [9.17, 15) is 4.39 Å². The smallest absolute Gasteiger partial charge is 0.146 e. The highest BCUT2D eigenvalue weighted by atomic mass is 19.1. The van der Waals surface area contributed by atoms with Crippen molar-refractivity contribution in [2.24, 2.45) is 0 Å². The Morgan fingerprint density at radius 3 is 2.29 bits per heavy atom. The van der Waals surface area contributed by atoms with Crippen molar-refractivity contribution < 1.29 is 9.13 Å². The lowest BCUT2D eigenvalue weighted by Gasteiger charge is -2.06. The second-order valence-electron chi connectivity index (χ2n) is 3.69. The van der Waals surface area contributed by atoms with E-state index in [1.54, 1.807) is 12.1 Å². The summed E-state index contributed by atoms with van der Waals surface area (Å²) in [5.41, 5.74) is 7.58. The number of nitrogens with two attached hydrogens (primary N) is 1. The lowest BCUT2D eigenvalue weighted by Crippen LogP contribution is -1.92. The second-order valence-corrected chi connectivity index (χ2v) is 3.69. The van der Waals surface area contributed by atoms with Crippen LogP contribution in [0.15, 0.2) is 42.5 Å². The molecule has 2 aromatic rings. The van der Waals surface area contributed by atoms with Crippen LogP contribution in [0.25, 0.3) is 11.1 Å². The molecule has 17 heavy (non-hydrogen) atoms. The van der Waals surface area contributed by atoms with Crippen molar-refractivity contribution in [1.29, 1.82) is 0 Å². The van der Waals surface area contributed by atoms with Gasteiger partial charge in [-0.25, -0.2) is 4.39 Å². The lowest BCUT2D eigenvalue weighted by atomic mass is 10.0. The van der Waals surface area contributed by atoms with Crippen molar-refractivity contribution in [3.8, 4) is 16.9 Å². The molecule has 0 aliphatic heterocycles. The number of nitrogen functional groups attached to an aromatic ring is 1. The average Bonchev–Trinajstić information content (AvgIpc) is 2.34. The van der Waals surface area contributed by atoms with E-state index in [1.807, 2.05) is 31.2 Å². The van der Waals surface area contributed by atoms with Crippen molar-refractivity contribution in [3.63, 3.8) is 0 Å². The first-order valence-corrected chi connectivity index (χ1v) is 5.49. The molecule has 0 amide bonds. The lowest BCUT2D eigenvalue weighted by molar-refractivity contribution is 0.340. The Kier molecular flexibility index (Phi) is 3.28. The van der Waals surface area contributed by atoms with Crippen LogP contribution >= 0.6 is 0 Å². The van der Waals surface area contributed by atoms with E-state index in [4.69, 9.17) is 10.5 Å². The first-order chi connectivity index (χ1) is 8.20. The van der Waals surface area contributed by atoms with Gasteiger partial charge in [0, 0.05) is 0 Å². The molecule has 2 aromatic carbocycles. The highest BCUT2D eigenvalue weighted by molar-refractivity contribution is 5.68. The summed E-state index contributed by atoms with van der Waals surface area (Å²) in [5.74, 6) is 0.436. The second kappa shape index (κ2) is 4.87. The maximum atomic E-state index is 13.0. The first-order valence-electron chi connectivity index (χ1n) is 5.49. The van der Waals surface area contributed by atoms with Gasteiger partial charge in [0.25, 0.3) is 0 Å². The minimum absolute atomic E-state index is 0.163. The van der Waals surface area contributed by atoms with Crippen LogP contribution in [-0.2, 0) is 0 Å². The van der Waals surface area contributed by atoms with E-state index in [-0.39, 0.29) is 11.5 Å². The monoisotopic (exact) mass is 231 g/mol. The van der Waals surface area contributed by atoms with Gasteiger partial charge in [-0.15, -0.1) is 0 Å². The van der Waals surface area contributed by atoms with Gasteiger partial charge in [-0.05, 0) is 42.3 Å². The number of hydrogen-bond acceptors (Lipinski definition) is 2. The summed E-state index contributed by atoms with van der Waals surface area (Å²) in [6.07, 6.45) is 0. The molecule has 0 aliphatic rings. The van der Waals surface area contributed by atoms with Crippen LogP contribution in [0.5, 0.6) is 5.75 Å². The number of anilines is 1. The third-order valence-corrected chi connectivity index (χ3v) is 2.49. The summed E-state index contributed by atoms with van der Waals surface area (Å²) in [6.45, 7) is 2.58. The van der Waals surface area contributed by atoms with Crippen LogP contribution in [0.3, 0.4) is 0 Å². The molecule has 0 aromatic heterocycles. The molecule has 0 spiro atoms. The summed E-state index contributed by atoms with van der Waals surface area (Å²) >= 11 is 0. The number of rotatable bonds is 3. The molecule has 88 valence electrons. The maximum absolute atomic E-state index is 13.0. The van der Waals surface area contributed by atoms with Crippen molar-refractivity contribution in [2.45, 2.75) is 6.92 Å². The molecule has 0 radical (unpaired) electrons. The highest BCUT2D eigenvalue weighted by Gasteiger charge is 2.02. The van der Waals surface area contributed by atoms with E-state index in [2.05, 4.69) is 0 Å². The minimum atomic E-state index is -0.389. The normalized spacial score (nSPS) is 10.2. The summed E-state index contributed by atoms with van der Waals surface area (Å²) in [7, 11) is 0. The molecule has 2 rings (SSSR count). The van der Waals surface area contributed by atoms with Gasteiger partial charge in [-0.2, -0.15) is 0 Å². The maximum Gasteiger partial charge on any atom is 0.146 e. The third-order valence-electron chi connectivity index (χ3n) is 2.49. The highest BCUT2D eigenvalue weighted by Crippen LogP contribution is 2.25. The zero-order chi connectivity index (χ0) is 12.3. The molecule has 0 atom stereocenters. The Morgan fingerprint density at radius 1 is 1.06 bits per heavy atom. The van der Waals surface area contributed by atoms with Gasteiger partial charge in [-0.3, -0.25) is 0 Å². The number of ether oxygens (including phenoxy) is 1. The zero-order valence-corrected chi connectivity index (χ0v) is 9.61. The molecule has 0 heterocycles. The van der Waals surface area contributed by atoms with Gasteiger partial charge < -0.3 is 10.5 Å². The van der Waals surface area contributed by atoms with Gasteiger partial charge in [0.15, 0.2) is 0 Å². The SMILES string of the molecule is CCOc1ccc(-c2ccc(F)c(N)c2)cc1. The van der Waals surface area contributed by atoms with Crippen LogP contribution in [0, 0.1) is 5.82 Å². The summed E-state index contributed by atoms with van der Waals surface area (Å²) < 4.78 is 18.4. The fourth-order valence-electron chi connectivity index (χ4n) is 1.63. The van der Waals surface area contributed by atoms with Crippen molar-refractivity contribution in [3.05, 3.63) is 48.3 Å². The predicted molar refractivity (Wildman–Crippen MR) is 67.4 cm³/mol. The molecule has 0 saturated carbocycles. The van der Waals surface area contributed by atoms with Crippen molar-refractivity contribution in [1.82, 2.24) is 0 Å². The van der Waals surface area contributed by atoms with Gasteiger partial charge >= 0.3 is 0 Å². The van der Waals surface area contributed by atoms with Crippen LogP contribution in [0.1, 0.15) is 6.92 Å². The molecule has 3 heteroatoms. The van der Waals surface area contributed by atoms with Gasteiger partial charge in [0.2, 0.25) is 0 Å². The Bertz CT molecular complexity index is 508. The van der Waals surface area contributed by atoms with Crippen molar-refractivity contribution >= 4 is 5.69 Å². The Hall–Kier alpha value is -2.03. The standard InChI is InChI=1S/C14H14FNO/c1-2-17-12-6-3-10(4-7-12)11-5-8-13(15)14(16)9-11/h3-9H,2,16H2,1H3. The number of hydrogen-bond donors (Lipinski definition) is 1. The van der Waals surface area contributed by atoms with Crippen LogP contribution in [-0.4, -0.2) is 6.61 Å². The fraction of sp³-hybridized carbons (Fsp3) is 0.143. The topological polar surface area (TPSA) is 35.2 Å². The summed E-state index contributed by atoms with van der Waals surface area (Å²) in [4.78, 5) is 0. The van der Waals surface area contributed by atoms with E-state index >= 15 is 0 Å². The summed E-state index contributed by atoms with van der Waals surface area (Å²) in [6, 6.07) is 12.3. The van der Waals surface area contributed by atoms with E-state index in [0.717, 1.165) is 16.9 Å². The van der Waals surface area contributed by atoms with E-state index in [1.165, 1.54) is 6.07 Å². The minimum Gasteiger partial charge on any atom is -0.494 e. The Labute approximate surface area is 99.8 Å². The van der Waals surface area contributed by atoms with Gasteiger partial charge in [0.1, 0.15) is 11.6 Å². The molecular formula is C14H14FNO. The fourth-order valence-corrected chi connectivity index (χ4v) is 1.63. The predicted octanol–water partition coefficient (Wildman–Crippen LogP) is 3.47. The van der Waals surface area contributed by atoms with Gasteiger partial charge in [-0.1, -0.05) is 18.2 Å². The quantitative estimate of drug-likeness (QED) is 0.821. The molecule has 0 aliphatic carbocycles. The first kappa shape index (κ1) is 11.5. The summed E-state index contributed by atoms with van der Waals surface area (Å²) in [5, 5.41) is 0. The number of halogens is 1. The average molecular weight is 231 g/mol. The van der Waals surface area contributed by atoms with Crippen molar-refractivity contribution in [2.75, 3.05) is 12.3 Å². The van der Waals surface area contributed by atoms with Crippen LogP contribution < -0.4 is 10.5 Å². The molecule has 0 unspecified atom stereocenters. The number of benzene rings is 2. The van der Waals surface area contributed by atoms with Crippen LogP contribution in [0.4, 0.5) is 10.1 Å². The third kappa shape index (κ3) is 2.56. The molecule has 0 saturated heterocycles. The van der Waals surface area contributed by atoms with E-state index in [0.29, 0.717) is 6.61 Å². The Morgan fingerprint density at radius 2 is 1.71 bits per heavy atom. The zero-order valence-electron chi connectivity index (χ0n) is 9.61. The Balaban J connectivity index is 2.30. The molecule has 2 N–H and O–H groups in total. The largest absolute Gasteiger partial charge is 0.494 e.